The fourth-order valence-electron chi connectivity index (χ4n) is 5.16. The Morgan fingerprint density at radius 3 is 2.47 bits per heavy atom. The summed E-state index contributed by atoms with van der Waals surface area (Å²) in [7, 11) is -7.63. The fourth-order valence-corrected chi connectivity index (χ4v) is 6.15. The molecule has 0 radical (unpaired) electrons. The normalized spacial score (nSPS) is 12.8. The second kappa shape index (κ2) is 11.0. The molecule has 0 aliphatic rings. The maximum Gasteiger partial charge on any atom is 0.306 e. The smallest absolute Gasteiger partial charge is 0.306 e. The number of H-pyrrole nitrogens is 1. The van der Waals surface area contributed by atoms with Crippen LogP contribution in [0.25, 0.3) is 33.4 Å². The molecule has 1 atom stereocenters. The highest BCUT2D eigenvalue weighted by Gasteiger charge is 2.22. The van der Waals surface area contributed by atoms with Gasteiger partial charge in [-0.15, -0.1) is 0 Å². The first-order valence-electron chi connectivity index (χ1n) is 13.5. The van der Waals surface area contributed by atoms with Gasteiger partial charge in [0.05, 0.1) is 35.3 Å². The maximum absolute atomic E-state index is 13.8. The molecule has 0 aliphatic heterocycles. The summed E-state index contributed by atoms with van der Waals surface area (Å²) in [6.45, 7) is 3.70. The minimum absolute atomic E-state index is 0.0918. The first-order valence-corrected chi connectivity index (χ1v) is 17.3. The van der Waals surface area contributed by atoms with Crippen LogP contribution in [-0.4, -0.2) is 58.5 Å². The molecule has 2 aromatic carbocycles. The maximum atomic E-state index is 13.8. The minimum Gasteiger partial charge on any atom is -0.383 e. The quantitative estimate of drug-likeness (QED) is 0.196. The van der Waals surface area contributed by atoms with Crippen molar-refractivity contribution < 1.29 is 21.0 Å². The van der Waals surface area contributed by atoms with E-state index in [0.717, 1.165) is 18.1 Å². The van der Waals surface area contributed by atoms with E-state index in [1.807, 2.05) is 50.2 Å². The largest absolute Gasteiger partial charge is 0.383 e. The summed E-state index contributed by atoms with van der Waals surface area (Å²) in [6.07, 6.45) is 6.62. The van der Waals surface area contributed by atoms with Crippen LogP contribution in [0, 0.1) is 6.92 Å². The van der Waals surface area contributed by atoms with Crippen molar-refractivity contribution in [2.24, 2.45) is 0 Å². The number of aromatic amines is 1. The van der Waals surface area contributed by atoms with E-state index >= 15 is 0 Å². The number of hydrogen-bond acceptors (Lipinski definition) is 10. The summed E-state index contributed by atoms with van der Waals surface area (Å²) in [4.78, 5) is 25.7. The molecule has 6 rings (SSSR count). The number of anilines is 2. The highest BCUT2D eigenvalue weighted by Crippen LogP contribution is 2.37. The molecule has 4 heterocycles. The zero-order chi connectivity index (χ0) is 32.1. The molecule has 0 amide bonds. The van der Waals surface area contributed by atoms with Gasteiger partial charge in [0.2, 0.25) is 10.0 Å². The van der Waals surface area contributed by atoms with Crippen molar-refractivity contribution in [3.8, 4) is 22.6 Å². The Balaban J connectivity index is 1.48. The molecule has 232 valence electrons. The number of sulfonamides is 1. The van der Waals surface area contributed by atoms with Gasteiger partial charge in [-0.3, -0.25) is 14.1 Å². The van der Waals surface area contributed by atoms with Gasteiger partial charge in [0, 0.05) is 24.0 Å². The summed E-state index contributed by atoms with van der Waals surface area (Å²) in [5, 5.41) is 8.69. The third-order valence-corrected chi connectivity index (χ3v) is 8.01. The van der Waals surface area contributed by atoms with Gasteiger partial charge in [-0.2, -0.15) is 13.5 Å². The van der Waals surface area contributed by atoms with Crippen molar-refractivity contribution in [3.05, 3.63) is 95.1 Å². The van der Waals surface area contributed by atoms with E-state index in [-0.39, 0.29) is 17.0 Å². The molecule has 0 aliphatic carbocycles. The molecule has 0 unspecified atom stereocenters. The molecule has 45 heavy (non-hydrogen) atoms. The van der Waals surface area contributed by atoms with Crippen molar-refractivity contribution in [3.63, 3.8) is 0 Å². The molecule has 3 N–H and O–H groups in total. The standard InChI is InChI=1S/C29H28N8O6S2/c1-17-10-11-36-25(17)29(38)37(21-8-6-5-7-9-21)28(34-36)18(2)33-27-24-23(15-30-26(24)31-16-32-27)19-12-20(35-44(3,39)40)14-22(13-19)43-45(4,41)42/h5-16,18,35H,1-4H3,(H2,30,31,32,33)/t18-/m0/s1. The van der Waals surface area contributed by atoms with Crippen molar-refractivity contribution in [1.82, 2.24) is 29.1 Å². The van der Waals surface area contributed by atoms with Crippen LogP contribution < -0.4 is 19.8 Å². The van der Waals surface area contributed by atoms with Gasteiger partial charge in [-0.1, -0.05) is 18.2 Å². The van der Waals surface area contributed by atoms with Gasteiger partial charge in [-0.05, 0) is 55.3 Å². The second-order valence-electron chi connectivity index (χ2n) is 10.5. The molecule has 16 heteroatoms. The first kappa shape index (κ1) is 29.8. The minimum atomic E-state index is -3.92. The lowest BCUT2D eigenvalue weighted by atomic mass is 10.0. The zero-order valence-corrected chi connectivity index (χ0v) is 26.1. The fraction of sp³-hybridized carbons (Fsp3) is 0.172. The Labute approximate surface area is 257 Å². The van der Waals surface area contributed by atoms with Gasteiger partial charge < -0.3 is 14.5 Å². The molecular weight excluding hydrogens is 621 g/mol. The number of aryl methyl sites for hydroxylation is 1. The SMILES string of the molecule is Cc1ccn2nc([C@H](C)Nc3ncnc4[nH]cc(-c5cc(NS(C)(=O)=O)cc(OS(C)(=O)=O)c5)c34)n(-c3ccccc3)c(=O)c12. The first-order chi connectivity index (χ1) is 21.3. The van der Waals surface area contributed by atoms with Crippen LogP contribution in [-0.2, 0) is 20.1 Å². The van der Waals surface area contributed by atoms with Crippen LogP contribution in [0.4, 0.5) is 11.5 Å². The molecule has 0 saturated heterocycles. The van der Waals surface area contributed by atoms with Gasteiger partial charge in [-0.25, -0.2) is 22.9 Å². The number of aromatic nitrogens is 6. The Hall–Kier alpha value is -5.22. The van der Waals surface area contributed by atoms with Crippen LogP contribution in [0.15, 0.2) is 78.1 Å². The lowest BCUT2D eigenvalue weighted by Gasteiger charge is -2.20. The molecule has 0 spiro atoms. The van der Waals surface area contributed by atoms with Gasteiger partial charge in [0.25, 0.3) is 5.56 Å². The molecule has 4 aromatic heterocycles. The van der Waals surface area contributed by atoms with E-state index in [4.69, 9.17) is 9.28 Å². The second-order valence-corrected chi connectivity index (χ2v) is 13.9. The van der Waals surface area contributed by atoms with E-state index in [2.05, 4.69) is 25.0 Å². The predicted octanol–water partition coefficient (Wildman–Crippen LogP) is 3.61. The summed E-state index contributed by atoms with van der Waals surface area (Å²) in [5.74, 6) is 0.705. The third kappa shape index (κ3) is 6.09. The predicted molar refractivity (Wildman–Crippen MR) is 171 cm³/mol. The number of fused-ring (bicyclic) bond motifs is 2. The average molecular weight is 649 g/mol. The Kier molecular flexibility index (Phi) is 7.33. The summed E-state index contributed by atoms with van der Waals surface area (Å²) in [6, 6.07) is 14.7. The van der Waals surface area contributed by atoms with E-state index in [0.29, 0.717) is 45.0 Å². The van der Waals surface area contributed by atoms with Crippen LogP contribution in [0.1, 0.15) is 24.4 Å². The number of hydrogen-bond donors (Lipinski definition) is 3. The Bertz CT molecular complexity index is 2310. The molecule has 0 bridgehead atoms. The Morgan fingerprint density at radius 1 is 1.00 bits per heavy atom. The summed E-state index contributed by atoms with van der Waals surface area (Å²) in [5.41, 5.74) is 3.16. The lowest BCUT2D eigenvalue weighted by Crippen LogP contribution is -2.29. The topological polar surface area (TPSA) is 182 Å². The highest BCUT2D eigenvalue weighted by atomic mass is 32.2. The number of para-hydroxylation sites is 1. The van der Waals surface area contributed by atoms with Crippen LogP contribution in [0.5, 0.6) is 5.75 Å². The van der Waals surface area contributed by atoms with E-state index in [1.165, 1.54) is 24.5 Å². The zero-order valence-electron chi connectivity index (χ0n) is 24.5. The molecule has 6 aromatic rings. The van der Waals surface area contributed by atoms with E-state index in [9.17, 15) is 21.6 Å². The van der Waals surface area contributed by atoms with Crippen molar-refractivity contribution in [2.45, 2.75) is 19.9 Å². The summed E-state index contributed by atoms with van der Waals surface area (Å²) >= 11 is 0. The number of benzene rings is 2. The average Bonchev–Trinajstić information content (AvgIpc) is 3.56. The molecule has 0 fully saturated rings. The monoisotopic (exact) mass is 648 g/mol. The van der Waals surface area contributed by atoms with E-state index in [1.54, 1.807) is 21.5 Å². The van der Waals surface area contributed by atoms with Crippen molar-refractivity contribution in [1.29, 1.82) is 0 Å². The van der Waals surface area contributed by atoms with Crippen molar-refractivity contribution >= 4 is 48.2 Å². The van der Waals surface area contributed by atoms with Gasteiger partial charge in [0.15, 0.2) is 5.82 Å². The lowest BCUT2D eigenvalue weighted by molar-refractivity contribution is 0.493. The third-order valence-electron chi connectivity index (χ3n) is 6.91. The summed E-state index contributed by atoms with van der Waals surface area (Å²) < 4.78 is 58.5. The van der Waals surface area contributed by atoms with Gasteiger partial charge >= 0.3 is 10.1 Å². The van der Waals surface area contributed by atoms with Gasteiger partial charge in [0.1, 0.15) is 29.1 Å². The number of nitrogens with one attached hydrogen (secondary N) is 3. The van der Waals surface area contributed by atoms with Crippen LogP contribution >= 0.6 is 0 Å². The molecule has 14 nitrogen and oxygen atoms in total. The molecular formula is C29H28N8O6S2. The van der Waals surface area contributed by atoms with Crippen LogP contribution in [0.2, 0.25) is 0 Å². The molecule has 0 saturated carbocycles. The number of nitrogens with zero attached hydrogens (tertiary/aromatic N) is 5. The van der Waals surface area contributed by atoms with Crippen LogP contribution in [0.3, 0.4) is 0 Å². The van der Waals surface area contributed by atoms with Crippen molar-refractivity contribution in [2.75, 3.05) is 22.6 Å². The van der Waals surface area contributed by atoms with E-state index < -0.39 is 26.2 Å². The number of rotatable bonds is 9. The highest BCUT2D eigenvalue weighted by molar-refractivity contribution is 7.92. The Morgan fingerprint density at radius 2 is 1.76 bits per heavy atom.